The van der Waals surface area contributed by atoms with E-state index in [1.807, 2.05) is 7.05 Å². The summed E-state index contributed by atoms with van der Waals surface area (Å²) in [6.07, 6.45) is 0.832. The van der Waals surface area contributed by atoms with E-state index in [0.29, 0.717) is 19.1 Å². The van der Waals surface area contributed by atoms with Crippen LogP contribution in [-0.4, -0.2) is 23.6 Å². The lowest BCUT2D eigenvalue weighted by Gasteiger charge is -2.18. The molecule has 0 aliphatic carbocycles. The fraction of sp³-hybridized carbons (Fsp3) is 0.556. The minimum absolute atomic E-state index is 0.357. The van der Waals surface area contributed by atoms with E-state index in [-0.39, 0.29) is 0 Å². The van der Waals surface area contributed by atoms with Crippen LogP contribution in [0.1, 0.15) is 17.0 Å². The van der Waals surface area contributed by atoms with E-state index in [4.69, 9.17) is 10.5 Å². The molecule has 1 aliphatic rings. The number of hydrogen-bond donors (Lipinski definition) is 2. The topological polar surface area (TPSA) is 73.1 Å². The number of ether oxygens (including phenoxy) is 1. The zero-order chi connectivity index (χ0) is 9.97. The Bertz CT molecular complexity index is 340. The zero-order valence-corrected chi connectivity index (χ0v) is 8.21. The van der Waals surface area contributed by atoms with Gasteiger partial charge in [0.1, 0.15) is 0 Å². The maximum absolute atomic E-state index is 5.62. The van der Waals surface area contributed by atoms with Crippen LogP contribution in [0, 0.1) is 0 Å². The highest BCUT2D eigenvalue weighted by molar-refractivity contribution is 5.32. The summed E-state index contributed by atoms with van der Waals surface area (Å²) < 4.78 is 5.37. The Balaban J connectivity index is 2.41. The first kappa shape index (κ1) is 9.36. The van der Waals surface area contributed by atoms with Crippen LogP contribution in [0.15, 0.2) is 0 Å². The highest BCUT2D eigenvalue weighted by Gasteiger charge is 2.16. The summed E-state index contributed by atoms with van der Waals surface area (Å²) in [6, 6.07) is 0. The van der Waals surface area contributed by atoms with Crippen molar-refractivity contribution in [3.8, 4) is 0 Å². The molecule has 2 rings (SSSR count). The Hall–Kier alpha value is -1.20. The van der Waals surface area contributed by atoms with E-state index in [1.54, 1.807) is 0 Å². The minimum atomic E-state index is 0.357. The summed E-state index contributed by atoms with van der Waals surface area (Å²) in [6.45, 7) is 2.04. The summed E-state index contributed by atoms with van der Waals surface area (Å²) in [7, 11) is 1.88. The van der Waals surface area contributed by atoms with E-state index in [9.17, 15) is 0 Å². The summed E-state index contributed by atoms with van der Waals surface area (Å²) in [4.78, 5) is 8.42. The number of nitrogen functional groups attached to an aromatic ring is 1. The molecule has 2 heterocycles. The number of aromatic nitrogens is 2. The Morgan fingerprint density at radius 2 is 2.36 bits per heavy atom. The average Bonchev–Trinajstić information content (AvgIpc) is 2.18. The van der Waals surface area contributed by atoms with Gasteiger partial charge < -0.3 is 15.8 Å². The van der Waals surface area contributed by atoms with Crippen LogP contribution in [0.4, 0.5) is 5.95 Å². The molecule has 0 bridgehead atoms. The second-order valence-corrected chi connectivity index (χ2v) is 3.29. The maximum Gasteiger partial charge on any atom is 0.220 e. The molecule has 1 aromatic heterocycles. The lowest BCUT2D eigenvalue weighted by molar-refractivity contribution is 0.108. The molecule has 0 saturated carbocycles. The van der Waals surface area contributed by atoms with Gasteiger partial charge in [-0.3, -0.25) is 0 Å². The van der Waals surface area contributed by atoms with Crippen molar-refractivity contribution in [3.63, 3.8) is 0 Å². The highest BCUT2D eigenvalue weighted by Crippen LogP contribution is 2.18. The van der Waals surface area contributed by atoms with Gasteiger partial charge in [0.05, 0.1) is 24.6 Å². The van der Waals surface area contributed by atoms with Crippen LogP contribution < -0.4 is 11.1 Å². The molecule has 0 spiro atoms. The third-order valence-corrected chi connectivity index (χ3v) is 2.27. The highest BCUT2D eigenvalue weighted by atomic mass is 16.5. The first-order valence-electron chi connectivity index (χ1n) is 4.67. The van der Waals surface area contributed by atoms with Crippen molar-refractivity contribution in [2.24, 2.45) is 0 Å². The molecule has 1 aliphatic heterocycles. The molecule has 0 atom stereocenters. The third-order valence-electron chi connectivity index (χ3n) is 2.27. The number of anilines is 1. The number of nitrogens with two attached hydrogens (primary N) is 1. The molecule has 3 N–H and O–H groups in total. The van der Waals surface area contributed by atoms with Gasteiger partial charge in [-0.1, -0.05) is 0 Å². The lowest BCUT2D eigenvalue weighted by Crippen LogP contribution is -2.20. The minimum Gasteiger partial charge on any atom is -0.376 e. The van der Waals surface area contributed by atoms with Crippen molar-refractivity contribution >= 4 is 5.95 Å². The van der Waals surface area contributed by atoms with Crippen molar-refractivity contribution in [1.82, 2.24) is 15.3 Å². The van der Waals surface area contributed by atoms with Crippen LogP contribution in [0.25, 0.3) is 0 Å². The van der Waals surface area contributed by atoms with Crippen LogP contribution in [0.5, 0.6) is 0 Å². The molecule has 0 saturated heterocycles. The van der Waals surface area contributed by atoms with Crippen LogP contribution in [0.3, 0.4) is 0 Å². The van der Waals surface area contributed by atoms with Crippen LogP contribution in [-0.2, 0) is 24.3 Å². The van der Waals surface area contributed by atoms with Gasteiger partial charge in [0.15, 0.2) is 0 Å². The average molecular weight is 194 g/mol. The van der Waals surface area contributed by atoms with Crippen molar-refractivity contribution in [2.75, 3.05) is 19.4 Å². The summed E-state index contributed by atoms with van der Waals surface area (Å²) in [5.41, 5.74) is 8.71. The summed E-state index contributed by atoms with van der Waals surface area (Å²) in [5.74, 6) is 0.357. The molecule has 1 aromatic rings. The number of nitrogens with one attached hydrogen (secondary N) is 1. The second-order valence-electron chi connectivity index (χ2n) is 3.29. The normalized spacial score (nSPS) is 15.2. The first-order chi connectivity index (χ1) is 6.81. The molecule has 14 heavy (non-hydrogen) atoms. The van der Waals surface area contributed by atoms with Crippen LogP contribution >= 0.6 is 0 Å². The molecule has 0 amide bonds. The number of rotatable bonds is 2. The molecule has 0 radical (unpaired) electrons. The zero-order valence-electron chi connectivity index (χ0n) is 8.21. The van der Waals surface area contributed by atoms with Gasteiger partial charge in [0.2, 0.25) is 5.95 Å². The molecular formula is C9H14N4O. The third kappa shape index (κ3) is 1.69. The van der Waals surface area contributed by atoms with E-state index >= 15 is 0 Å². The summed E-state index contributed by atoms with van der Waals surface area (Å²) >= 11 is 0. The van der Waals surface area contributed by atoms with Gasteiger partial charge >= 0.3 is 0 Å². The Morgan fingerprint density at radius 1 is 1.50 bits per heavy atom. The van der Waals surface area contributed by atoms with Gasteiger partial charge in [-0.25, -0.2) is 9.97 Å². The molecule has 0 fully saturated rings. The predicted molar refractivity (Wildman–Crippen MR) is 52.6 cm³/mol. The molecule has 5 heteroatoms. The molecule has 0 aromatic carbocycles. The van der Waals surface area contributed by atoms with E-state index in [1.165, 1.54) is 0 Å². The van der Waals surface area contributed by atoms with Gasteiger partial charge in [0, 0.05) is 18.5 Å². The fourth-order valence-corrected chi connectivity index (χ4v) is 1.63. The van der Waals surface area contributed by atoms with Crippen molar-refractivity contribution in [2.45, 2.75) is 19.6 Å². The predicted octanol–water partition coefficient (Wildman–Crippen LogP) is -0.149. The summed E-state index contributed by atoms with van der Waals surface area (Å²) in [5, 5.41) is 3.06. The number of hydrogen-bond acceptors (Lipinski definition) is 5. The van der Waals surface area contributed by atoms with Gasteiger partial charge in [-0.05, 0) is 7.05 Å². The van der Waals surface area contributed by atoms with Gasteiger partial charge in [0.25, 0.3) is 0 Å². The SMILES string of the molecule is CNCc1nc(N)nc2c1COCC2. The smallest absolute Gasteiger partial charge is 0.220 e. The van der Waals surface area contributed by atoms with Gasteiger partial charge in [-0.2, -0.15) is 0 Å². The maximum atomic E-state index is 5.62. The Morgan fingerprint density at radius 3 is 3.14 bits per heavy atom. The number of nitrogens with zero attached hydrogens (tertiary/aromatic N) is 2. The lowest BCUT2D eigenvalue weighted by atomic mass is 10.1. The van der Waals surface area contributed by atoms with Gasteiger partial charge in [-0.15, -0.1) is 0 Å². The van der Waals surface area contributed by atoms with Crippen molar-refractivity contribution < 1.29 is 4.74 Å². The standard InChI is InChI=1S/C9H14N4O/c1-11-4-8-6-5-14-3-2-7(6)12-9(10)13-8/h11H,2-5H2,1H3,(H2,10,12,13). The molecular weight excluding hydrogens is 180 g/mol. The quantitative estimate of drug-likeness (QED) is 0.685. The second kappa shape index (κ2) is 3.89. The molecule has 5 nitrogen and oxygen atoms in total. The molecule has 0 unspecified atom stereocenters. The Kier molecular flexibility index (Phi) is 2.60. The van der Waals surface area contributed by atoms with E-state index in [0.717, 1.165) is 30.0 Å². The first-order valence-corrected chi connectivity index (χ1v) is 4.67. The van der Waals surface area contributed by atoms with Crippen molar-refractivity contribution in [1.29, 1.82) is 0 Å². The number of fused-ring (bicyclic) bond motifs is 1. The van der Waals surface area contributed by atoms with E-state index in [2.05, 4.69) is 15.3 Å². The monoisotopic (exact) mass is 194 g/mol. The van der Waals surface area contributed by atoms with Crippen molar-refractivity contribution in [3.05, 3.63) is 17.0 Å². The Labute approximate surface area is 82.7 Å². The fourth-order valence-electron chi connectivity index (χ4n) is 1.63. The molecule has 76 valence electrons. The van der Waals surface area contributed by atoms with Crippen LogP contribution in [0.2, 0.25) is 0 Å². The largest absolute Gasteiger partial charge is 0.376 e. The van der Waals surface area contributed by atoms with E-state index < -0.39 is 0 Å².